The van der Waals surface area contributed by atoms with Crippen molar-refractivity contribution in [3.05, 3.63) is 28.8 Å². The highest BCUT2D eigenvalue weighted by atomic mass is 127. The normalized spacial score (nSPS) is 11.4. The molecule has 1 rings (SSSR count). The van der Waals surface area contributed by atoms with Crippen LogP contribution in [-0.2, 0) is 9.84 Å². The zero-order valence-electron chi connectivity index (χ0n) is 7.12. The largest absolute Gasteiger partial charge is 0.282 e. The van der Waals surface area contributed by atoms with E-state index in [2.05, 4.69) is 0 Å². The first-order valence-corrected chi connectivity index (χ1v) is 6.86. The number of benzene rings is 1. The van der Waals surface area contributed by atoms with Gasteiger partial charge in [0.15, 0.2) is 9.84 Å². The third-order valence-corrected chi connectivity index (χ3v) is 3.76. The van der Waals surface area contributed by atoms with Crippen LogP contribution in [0.3, 0.4) is 0 Å². The molecule has 6 heteroatoms. The van der Waals surface area contributed by atoms with E-state index < -0.39 is 9.84 Å². The van der Waals surface area contributed by atoms with Gasteiger partial charge in [-0.05, 0) is 18.2 Å². The Kier molecular flexibility index (Phi) is 3.54. The number of hydrogen-bond acceptors (Lipinski definition) is 3. The Morgan fingerprint density at radius 1 is 1.43 bits per heavy atom. The molecular weight excluding hydrogens is 339 g/mol. The molecule has 14 heavy (non-hydrogen) atoms. The highest BCUT2D eigenvalue weighted by Crippen LogP contribution is 2.23. The first-order valence-electron chi connectivity index (χ1n) is 3.52. The Morgan fingerprint density at radius 3 is 2.43 bits per heavy atom. The molecule has 0 atom stereocenters. The van der Waals surface area contributed by atoms with Gasteiger partial charge in [-0.1, -0.05) is 11.6 Å². The maximum Gasteiger partial charge on any atom is 0.222 e. The highest BCUT2D eigenvalue weighted by Gasteiger charge is 2.14. The minimum atomic E-state index is -3.38. The Balaban J connectivity index is 3.44. The number of carbonyl (C=O) groups is 1. The maximum atomic E-state index is 11.2. The van der Waals surface area contributed by atoms with E-state index in [0.717, 1.165) is 6.26 Å². The van der Waals surface area contributed by atoms with Gasteiger partial charge in [0.2, 0.25) is 3.79 Å². The molecule has 0 aliphatic heterocycles. The van der Waals surface area contributed by atoms with Crippen LogP contribution in [0.2, 0.25) is 5.02 Å². The van der Waals surface area contributed by atoms with E-state index >= 15 is 0 Å². The first kappa shape index (κ1) is 11.9. The number of sulfone groups is 1. The van der Waals surface area contributed by atoms with Crippen LogP contribution in [0.4, 0.5) is 0 Å². The molecule has 0 bridgehead atoms. The lowest BCUT2D eigenvalue weighted by molar-refractivity contribution is 0.110. The van der Waals surface area contributed by atoms with E-state index in [1.165, 1.54) is 18.2 Å². The molecule has 0 saturated heterocycles. The quantitative estimate of drug-likeness (QED) is 0.611. The Morgan fingerprint density at radius 2 is 2.00 bits per heavy atom. The second-order valence-corrected chi connectivity index (χ2v) is 6.06. The summed E-state index contributed by atoms with van der Waals surface area (Å²) in [4.78, 5) is 11.0. The van der Waals surface area contributed by atoms with Crippen molar-refractivity contribution in [1.82, 2.24) is 0 Å². The summed E-state index contributed by atoms with van der Waals surface area (Å²) in [5.41, 5.74) is 0.329. The molecule has 0 aliphatic carbocycles. The SMILES string of the molecule is CS(=O)(=O)c1cc(C(=O)I)ccc1Cl. The molecule has 0 N–H and O–H groups in total. The summed E-state index contributed by atoms with van der Waals surface area (Å²) in [6, 6.07) is 4.18. The van der Waals surface area contributed by atoms with E-state index in [1.54, 1.807) is 22.6 Å². The van der Waals surface area contributed by atoms with Crippen molar-refractivity contribution in [3.63, 3.8) is 0 Å². The van der Waals surface area contributed by atoms with Crippen molar-refractivity contribution in [2.24, 2.45) is 0 Å². The van der Waals surface area contributed by atoms with Crippen LogP contribution in [0.5, 0.6) is 0 Å². The lowest BCUT2D eigenvalue weighted by Gasteiger charge is -2.02. The summed E-state index contributed by atoms with van der Waals surface area (Å²) in [6.45, 7) is 0. The van der Waals surface area contributed by atoms with Gasteiger partial charge >= 0.3 is 0 Å². The van der Waals surface area contributed by atoms with Gasteiger partial charge < -0.3 is 0 Å². The molecule has 0 radical (unpaired) electrons. The Bertz CT molecular complexity index is 481. The molecule has 0 spiro atoms. The summed E-state index contributed by atoms with van der Waals surface area (Å²) < 4.78 is 22.2. The van der Waals surface area contributed by atoms with Crippen LogP contribution in [0.1, 0.15) is 10.4 Å². The van der Waals surface area contributed by atoms with Crippen LogP contribution in [0, 0.1) is 0 Å². The van der Waals surface area contributed by atoms with Crippen LogP contribution in [0.15, 0.2) is 23.1 Å². The van der Waals surface area contributed by atoms with Crippen molar-refractivity contribution in [3.8, 4) is 0 Å². The Labute approximate surface area is 101 Å². The fraction of sp³-hybridized carbons (Fsp3) is 0.125. The molecule has 0 amide bonds. The topological polar surface area (TPSA) is 51.2 Å². The van der Waals surface area contributed by atoms with Crippen molar-refractivity contribution in [2.75, 3.05) is 6.26 Å². The molecule has 76 valence electrons. The zero-order chi connectivity index (χ0) is 10.9. The fourth-order valence-corrected chi connectivity index (χ4v) is 2.55. The van der Waals surface area contributed by atoms with Gasteiger partial charge in [0, 0.05) is 34.4 Å². The summed E-state index contributed by atoms with van der Waals surface area (Å²) in [6.07, 6.45) is 1.05. The van der Waals surface area contributed by atoms with Crippen LogP contribution >= 0.6 is 34.2 Å². The van der Waals surface area contributed by atoms with Gasteiger partial charge in [-0.2, -0.15) is 0 Å². The molecule has 0 heterocycles. The van der Waals surface area contributed by atoms with Crippen molar-refractivity contribution in [2.45, 2.75) is 4.90 Å². The average molecular weight is 345 g/mol. The van der Waals surface area contributed by atoms with Gasteiger partial charge in [-0.3, -0.25) is 4.79 Å². The van der Waals surface area contributed by atoms with Crippen molar-refractivity contribution >= 4 is 47.8 Å². The molecule has 0 saturated carbocycles. The zero-order valence-corrected chi connectivity index (χ0v) is 10.9. The second kappa shape index (κ2) is 4.16. The molecule has 0 aromatic heterocycles. The summed E-state index contributed by atoms with van der Waals surface area (Å²) in [7, 11) is -3.38. The minimum absolute atomic E-state index is 0.0123. The Hall–Kier alpha value is -0.140. The van der Waals surface area contributed by atoms with Crippen LogP contribution in [0.25, 0.3) is 0 Å². The van der Waals surface area contributed by atoms with Crippen molar-refractivity contribution in [1.29, 1.82) is 0 Å². The smallest absolute Gasteiger partial charge is 0.222 e. The standard InChI is InChI=1S/C8H6ClIO3S/c1-14(12,13)7-4-5(8(10)11)2-3-6(7)9/h2-4H,1H3. The minimum Gasteiger partial charge on any atom is -0.282 e. The van der Waals surface area contributed by atoms with E-state index in [4.69, 9.17) is 11.6 Å². The monoisotopic (exact) mass is 344 g/mol. The van der Waals surface area contributed by atoms with Crippen LogP contribution in [-0.4, -0.2) is 18.5 Å². The maximum absolute atomic E-state index is 11.2. The van der Waals surface area contributed by atoms with Crippen molar-refractivity contribution < 1.29 is 13.2 Å². The lowest BCUT2D eigenvalue weighted by Crippen LogP contribution is -2.00. The average Bonchev–Trinajstić information content (AvgIpc) is 2.02. The van der Waals surface area contributed by atoms with E-state index in [0.29, 0.717) is 5.56 Å². The van der Waals surface area contributed by atoms with E-state index in [9.17, 15) is 13.2 Å². The molecule has 0 unspecified atom stereocenters. The van der Waals surface area contributed by atoms with Gasteiger partial charge in [0.1, 0.15) is 0 Å². The molecule has 1 aromatic carbocycles. The third kappa shape index (κ3) is 2.68. The summed E-state index contributed by atoms with van der Waals surface area (Å²) in [5, 5.41) is 0.133. The van der Waals surface area contributed by atoms with E-state index in [-0.39, 0.29) is 13.7 Å². The predicted molar refractivity (Wildman–Crippen MR) is 62.9 cm³/mol. The number of halogens is 2. The second-order valence-electron chi connectivity index (χ2n) is 2.69. The first-order chi connectivity index (χ1) is 6.32. The van der Waals surface area contributed by atoms with Gasteiger partial charge in [-0.15, -0.1) is 0 Å². The number of rotatable bonds is 2. The van der Waals surface area contributed by atoms with Crippen LogP contribution < -0.4 is 0 Å². The van der Waals surface area contributed by atoms with Gasteiger partial charge in [0.05, 0.1) is 9.92 Å². The fourth-order valence-electron chi connectivity index (χ4n) is 0.910. The summed E-state index contributed by atoms with van der Waals surface area (Å²) >= 11 is 7.28. The van der Waals surface area contributed by atoms with Gasteiger partial charge in [-0.25, -0.2) is 8.42 Å². The van der Waals surface area contributed by atoms with E-state index in [1.807, 2.05) is 0 Å². The molecule has 3 nitrogen and oxygen atoms in total. The number of hydrogen-bond donors (Lipinski definition) is 0. The van der Waals surface area contributed by atoms with Gasteiger partial charge in [0.25, 0.3) is 0 Å². The molecular formula is C8H6ClIO3S. The number of carbonyl (C=O) groups excluding carboxylic acids is 1. The molecule has 0 aliphatic rings. The highest BCUT2D eigenvalue weighted by molar-refractivity contribution is 14.1. The molecule has 0 fully saturated rings. The predicted octanol–water partition coefficient (Wildman–Crippen LogP) is 2.32. The summed E-state index contributed by atoms with van der Waals surface area (Å²) in [5.74, 6) is 0. The lowest BCUT2D eigenvalue weighted by atomic mass is 10.2. The molecule has 1 aromatic rings. The third-order valence-electron chi connectivity index (χ3n) is 1.56.